The van der Waals surface area contributed by atoms with Crippen molar-refractivity contribution in [2.75, 3.05) is 0 Å². The molecule has 1 aliphatic carbocycles. The number of primary amides is 1. The molecule has 2 amide bonds. The van der Waals surface area contributed by atoms with E-state index in [9.17, 15) is 22.8 Å². The summed E-state index contributed by atoms with van der Waals surface area (Å²) in [5.41, 5.74) is 4.82. The molecule has 0 radical (unpaired) electrons. The first kappa shape index (κ1) is 18.3. The Bertz CT molecular complexity index is 596. The van der Waals surface area contributed by atoms with Crippen LogP contribution in [0.1, 0.15) is 43.2 Å². The average Bonchev–Trinajstić information content (AvgIpc) is 2.54. The molecule has 0 saturated heterocycles. The summed E-state index contributed by atoms with van der Waals surface area (Å²) < 4.78 is 38.3. The predicted molar refractivity (Wildman–Crippen MR) is 82.8 cm³/mol. The second-order valence-electron chi connectivity index (χ2n) is 6.20. The Morgan fingerprint density at radius 1 is 1.21 bits per heavy atom. The number of alkyl halides is 3. The molecule has 0 aromatic heterocycles. The van der Waals surface area contributed by atoms with E-state index in [1.807, 2.05) is 0 Å². The predicted octanol–water partition coefficient (Wildman–Crippen LogP) is 2.80. The van der Waals surface area contributed by atoms with Gasteiger partial charge in [-0.2, -0.15) is 13.2 Å². The highest BCUT2D eigenvalue weighted by atomic mass is 19.4. The number of carbonyl (C=O) groups excluding carboxylic acids is 2. The van der Waals surface area contributed by atoms with Gasteiger partial charge < -0.3 is 11.1 Å². The average molecular weight is 342 g/mol. The second-order valence-corrected chi connectivity index (χ2v) is 6.20. The van der Waals surface area contributed by atoms with Gasteiger partial charge in [0.25, 0.3) is 0 Å². The molecule has 7 heteroatoms. The smallest absolute Gasteiger partial charge is 0.368 e. The van der Waals surface area contributed by atoms with Gasteiger partial charge in [0.2, 0.25) is 11.8 Å². The Hall–Kier alpha value is -2.05. The summed E-state index contributed by atoms with van der Waals surface area (Å²) in [4.78, 5) is 23.8. The SMILES string of the molecule is NC(=O)[C@@H](Cc1cccc(C(F)(F)F)c1)NC(=O)C1CCCCC1. The molecule has 132 valence electrons. The third kappa shape index (κ3) is 4.97. The summed E-state index contributed by atoms with van der Waals surface area (Å²) in [5, 5.41) is 2.60. The first-order valence-corrected chi connectivity index (χ1v) is 8.03. The van der Waals surface area contributed by atoms with Gasteiger partial charge in [0.15, 0.2) is 0 Å². The van der Waals surface area contributed by atoms with Crippen molar-refractivity contribution in [3.8, 4) is 0 Å². The Kier molecular flexibility index (Phi) is 5.85. The van der Waals surface area contributed by atoms with Crippen LogP contribution in [0.2, 0.25) is 0 Å². The molecular weight excluding hydrogens is 321 g/mol. The van der Waals surface area contributed by atoms with Crippen molar-refractivity contribution in [1.29, 1.82) is 0 Å². The van der Waals surface area contributed by atoms with Crippen LogP contribution in [0.4, 0.5) is 13.2 Å². The first-order valence-electron chi connectivity index (χ1n) is 8.03. The number of nitrogens with two attached hydrogens (primary N) is 1. The molecule has 1 aromatic rings. The minimum absolute atomic E-state index is 0.0578. The van der Waals surface area contributed by atoms with Crippen LogP contribution in [0.15, 0.2) is 24.3 Å². The lowest BCUT2D eigenvalue weighted by molar-refractivity contribution is -0.137. The lowest BCUT2D eigenvalue weighted by Gasteiger charge is -2.23. The minimum atomic E-state index is -4.45. The lowest BCUT2D eigenvalue weighted by Crippen LogP contribution is -2.48. The van der Waals surface area contributed by atoms with Crippen LogP contribution in [-0.4, -0.2) is 17.9 Å². The number of hydrogen-bond donors (Lipinski definition) is 2. The molecule has 1 aromatic carbocycles. The van der Waals surface area contributed by atoms with Crippen LogP contribution >= 0.6 is 0 Å². The van der Waals surface area contributed by atoms with E-state index in [4.69, 9.17) is 5.73 Å². The summed E-state index contributed by atoms with van der Waals surface area (Å²) >= 11 is 0. The first-order chi connectivity index (χ1) is 11.3. The van der Waals surface area contributed by atoms with Crippen LogP contribution in [0.5, 0.6) is 0 Å². The molecule has 0 spiro atoms. The molecule has 0 bridgehead atoms. The quantitative estimate of drug-likeness (QED) is 0.864. The molecule has 0 aliphatic heterocycles. The fraction of sp³-hybridized carbons (Fsp3) is 0.529. The number of carbonyl (C=O) groups is 2. The van der Waals surface area contributed by atoms with Crippen molar-refractivity contribution >= 4 is 11.8 Å². The fourth-order valence-corrected chi connectivity index (χ4v) is 2.99. The Morgan fingerprint density at radius 3 is 2.46 bits per heavy atom. The van der Waals surface area contributed by atoms with Gasteiger partial charge in [-0.05, 0) is 24.5 Å². The minimum Gasteiger partial charge on any atom is -0.368 e. The van der Waals surface area contributed by atoms with Gasteiger partial charge in [-0.15, -0.1) is 0 Å². The standard InChI is InChI=1S/C17H21F3N2O2/c18-17(19,20)13-8-4-5-11(9-13)10-14(15(21)23)22-16(24)12-6-2-1-3-7-12/h4-5,8-9,12,14H,1-3,6-7,10H2,(H2,21,23)(H,22,24)/t14-/m1/s1. The molecule has 2 rings (SSSR count). The van der Waals surface area contributed by atoms with Crippen molar-refractivity contribution in [2.45, 2.75) is 50.7 Å². The van der Waals surface area contributed by atoms with Crippen LogP contribution in [0, 0.1) is 5.92 Å². The second kappa shape index (κ2) is 7.68. The maximum absolute atomic E-state index is 12.8. The van der Waals surface area contributed by atoms with Crippen molar-refractivity contribution < 1.29 is 22.8 Å². The molecule has 1 atom stereocenters. The summed E-state index contributed by atoms with van der Waals surface area (Å²) in [6, 6.07) is 3.69. The lowest BCUT2D eigenvalue weighted by atomic mass is 9.88. The zero-order valence-electron chi connectivity index (χ0n) is 13.2. The molecule has 3 N–H and O–H groups in total. The Morgan fingerprint density at radius 2 is 1.88 bits per heavy atom. The molecule has 4 nitrogen and oxygen atoms in total. The summed E-state index contributed by atoms with van der Waals surface area (Å²) in [5.74, 6) is -1.15. The maximum atomic E-state index is 12.8. The Balaban J connectivity index is 2.06. The van der Waals surface area contributed by atoms with Gasteiger partial charge in [-0.25, -0.2) is 0 Å². The summed E-state index contributed by atoms with van der Waals surface area (Å²) in [6.45, 7) is 0. The maximum Gasteiger partial charge on any atom is 0.416 e. The van der Waals surface area contributed by atoms with Crippen LogP contribution in [0.3, 0.4) is 0 Å². The number of amides is 2. The van der Waals surface area contributed by atoms with E-state index in [-0.39, 0.29) is 18.2 Å². The summed E-state index contributed by atoms with van der Waals surface area (Å²) in [7, 11) is 0. The van der Waals surface area contributed by atoms with Gasteiger partial charge in [0.1, 0.15) is 6.04 Å². The third-order valence-corrected chi connectivity index (χ3v) is 4.33. The van der Waals surface area contributed by atoms with Gasteiger partial charge >= 0.3 is 6.18 Å². The molecule has 0 unspecified atom stereocenters. The molecular formula is C17H21F3N2O2. The van der Waals surface area contributed by atoms with E-state index in [1.54, 1.807) is 0 Å². The summed E-state index contributed by atoms with van der Waals surface area (Å²) in [6.07, 6.45) is 0.0379. The molecule has 0 heterocycles. The zero-order valence-corrected chi connectivity index (χ0v) is 13.2. The molecule has 1 fully saturated rings. The number of hydrogen-bond acceptors (Lipinski definition) is 2. The third-order valence-electron chi connectivity index (χ3n) is 4.33. The molecule has 1 aliphatic rings. The monoisotopic (exact) mass is 342 g/mol. The highest BCUT2D eigenvalue weighted by Crippen LogP contribution is 2.30. The van der Waals surface area contributed by atoms with Crippen molar-refractivity contribution in [3.63, 3.8) is 0 Å². The topological polar surface area (TPSA) is 72.2 Å². The largest absolute Gasteiger partial charge is 0.416 e. The number of rotatable bonds is 5. The van der Waals surface area contributed by atoms with E-state index < -0.39 is 23.7 Å². The highest BCUT2D eigenvalue weighted by Gasteiger charge is 2.31. The van der Waals surface area contributed by atoms with E-state index >= 15 is 0 Å². The Labute approximate surface area is 138 Å². The fourth-order valence-electron chi connectivity index (χ4n) is 2.99. The molecule has 24 heavy (non-hydrogen) atoms. The molecule has 1 saturated carbocycles. The van der Waals surface area contributed by atoms with Gasteiger partial charge in [0, 0.05) is 12.3 Å². The zero-order chi connectivity index (χ0) is 17.7. The highest BCUT2D eigenvalue weighted by molar-refractivity contribution is 5.87. The van der Waals surface area contributed by atoms with E-state index in [0.29, 0.717) is 5.56 Å². The van der Waals surface area contributed by atoms with Gasteiger partial charge in [-0.3, -0.25) is 9.59 Å². The van der Waals surface area contributed by atoms with Gasteiger partial charge in [0.05, 0.1) is 5.56 Å². The number of benzene rings is 1. The normalized spacial score (nSPS) is 17.3. The number of halogens is 3. The van der Waals surface area contributed by atoms with Crippen molar-refractivity contribution in [3.05, 3.63) is 35.4 Å². The van der Waals surface area contributed by atoms with E-state index in [2.05, 4.69) is 5.32 Å². The van der Waals surface area contributed by atoms with E-state index in [0.717, 1.165) is 44.2 Å². The van der Waals surface area contributed by atoms with Crippen LogP contribution < -0.4 is 11.1 Å². The van der Waals surface area contributed by atoms with Crippen molar-refractivity contribution in [2.24, 2.45) is 11.7 Å². The van der Waals surface area contributed by atoms with Crippen LogP contribution in [0.25, 0.3) is 0 Å². The van der Waals surface area contributed by atoms with Crippen molar-refractivity contribution in [1.82, 2.24) is 5.32 Å². The van der Waals surface area contributed by atoms with Crippen LogP contribution in [-0.2, 0) is 22.2 Å². The van der Waals surface area contributed by atoms with E-state index in [1.165, 1.54) is 12.1 Å². The van der Waals surface area contributed by atoms with Gasteiger partial charge in [-0.1, -0.05) is 37.5 Å². The number of nitrogens with one attached hydrogen (secondary N) is 1.